The van der Waals surface area contributed by atoms with Gasteiger partial charge < -0.3 is 9.73 Å². The minimum Gasteiger partial charge on any atom is -0.468 e. The monoisotopic (exact) mass is 207 g/mol. The summed E-state index contributed by atoms with van der Waals surface area (Å²) < 4.78 is 5.32. The number of furan rings is 1. The third-order valence-electron chi connectivity index (χ3n) is 3.83. The molecule has 0 aromatic carbocycles. The first kappa shape index (κ1) is 10.7. The molecule has 3 atom stereocenters. The summed E-state index contributed by atoms with van der Waals surface area (Å²) in [6.45, 7) is 5.60. The molecule has 15 heavy (non-hydrogen) atoms. The molecule has 2 heteroatoms. The summed E-state index contributed by atoms with van der Waals surface area (Å²) in [7, 11) is 0. The Kier molecular flexibility index (Phi) is 3.47. The van der Waals surface area contributed by atoms with Gasteiger partial charge in [0.25, 0.3) is 0 Å². The molecule has 0 saturated heterocycles. The zero-order valence-electron chi connectivity index (χ0n) is 9.70. The van der Waals surface area contributed by atoms with Crippen LogP contribution >= 0.6 is 0 Å². The van der Waals surface area contributed by atoms with Gasteiger partial charge in [0, 0.05) is 6.04 Å². The van der Waals surface area contributed by atoms with Gasteiger partial charge >= 0.3 is 0 Å². The van der Waals surface area contributed by atoms with Gasteiger partial charge in [-0.15, -0.1) is 0 Å². The molecule has 84 valence electrons. The van der Waals surface area contributed by atoms with Crippen LogP contribution in [0.5, 0.6) is 0 Å². The third kappa shape index (κ3) is 2.63. The van der Waals surface area contributed by atoms with Crippen molar-refractivity contribution in [3.05, 3.63) is 24.2 Å². The molecular formula is C13H21NO. The van der Waals surface area contributed by atoms with Crippen molar-refractivity contribution in [3.63, 3.8) is 0 Å². The third-order valence-corrected chi connectivity index (χ3v) is 3.83. The van der Waals surface area contributed by atoms with Crippen LogP contribution in [0, 0.1) is 11.8 Å². The van der Waals surface area contributed by atoms with Crippen molar-refractivity contribution in [2.24, 2.45) is 11.8 Å². The first-order valence-corrected chi connectivity index (χ1v) is 6.03. The van der Waals surface area contributed by atoms with E-state index >= 15 is 0 Å². The highest BCUT2D eigenvalue weighted by atomic mass is 16.3. The molecule has 0 spiro atoms. The molecule has 1 aromatic heterocycles. The Bertz CT molecular complexity index is 281. The van der Waals surface area contributed by atoms with E-state index in [4.69, 9.17) is 4.42 Å². The van der Waals surface area contributed by atoms with Gasteiger partial charge in [-0.05, 0) is 30.4 Å². The van der Waals surface area contributed by atoms with E-state index in [0.717, 1.165) is 24.1 Å². The van der Waals surface area contributed by atoms with Gasteiger partial charge in [0.15, 0.2) is 0 Å². The molecule has 1 aliphatic carbocycles. The standard InChI is InChI=1S/C13H21NO/c1-10-5-3-7-13(11(10)2)14-9-12-6-4-8-15-12/h4,6,8,10-11,13-14H,3,5,7,9H2,1-2H3/t10-,11-,13-/m1/s1. The van der Waals surface area contributed by atoms with Crippen LogP contribution in [0.4, 0.5) is 0 Å². The maximum atomic E-state index is 5.32. The van der Waals surface area contributed by atoms with Crippen molar-refractivity contribution < 1.29 is 4.42 Å². The molecule has 1 heterocycles. The van der Waals surface area contributed by atoms with E-state index in [9.17, 15) is 0 Å². The minimum absolute atomic E-state index is 0.666. The van der Waals surface area contributed by atoms with Gasteiger partial charge in [-0.1, -0.05) is 26.7 Å². The lowest BCUT2D eigenvalue weighted by Gasteiger charge is -2.34. The Morgan fingerprint density at radius 3 is 3.00 bits per heavy atom. The predicted octanol–water partition coefficient (Wildman–Crippen LogP) is 3.19. The summed E-state index contributed by atoms with van der Waals surface area (Å²) in [5.41, 5.74) is 0. The molecule has 1 N–H and O–H groups in total. The molecular weight excluding hydrogens is 186 g/mol. The Morgan fingerprint density at radius 1 is 1.40 bits per heavy atom. The van der Waals surface area contributed by atoms with Crippen LogP contribution in [0.3, 0.4) is 0 Å². The summed E-state index contributed by atoms with van der Waals surface area (Å²) in [6, 6.07) is 4.65. The van der Waals surface area contributed by atoms with Crippen LogP contribution in [-0.4, -0.2) is 6.04 Å². The van der Waals surface area contributed by atoms with Crippen molar-refractivity contribution in [3.8, 4) is 0 Å². The van der Waals surface area contributed by atoms with Crippen molar-refractivity contribution in [1.29, 1.82) is 0 Å². The zero-order valence-corrected chi connectivity index (χ0v) is 9.70. The molecule has 2 rings (SSSR count). The van der Waals surface area contributed by atoms with E-state index < -0.39 is 0 Å². The fourth-order valence-electron chi connectivity index (χ4n) is 2.51. The number of hydrogen-bond acceptors (Lipinski definition) is 2. The molecule has 1 fully saturated rings. The minimum atomic E-state index is 0.666. The highest BCUT2D eigenvalue weighted by Crippen LogP contribution is 2.29. The van der Waals surface area contributed by atoms with Crippen molar-refractivity contribution in [2.75, 3.05) is 0 Å². The van der Waals surface area contributed by atoms with E-state index in [0.29, 0.717) is 6.04 Å². The van der Waals surface area contributed by atoms with E-state index in [2.05, 4.69) is 19.2 Å². The quantitative estimate of drug-likeness (QED) is 0.823. The van der Waals surface area contributed by atoms with E-state index in [1.54, 1.807) is 6.26 Å². The number of nitrogens with one attached hydrogen (secondary N) is 1. The second-order valence-electron chi connectivity index (χ2n) is 4.83. The molecule has 0 unspecified atom stereocenters. The largest absolute Gasteiger partial charge is 0.468 e. The molecule has 1 saturated carbocycles. The summed E-state index contributed by atoms with van der Waals surface area (Å²) in [5.74, 6) is 2.68. The average Bonchev–Trinajstić information content (AvgIpc) is 2.73. The van der Waals surface area contributed by atoms with Crippen LogP contribution in [0.15, 0.2) is 22.8 Å². The number of hydrogen-bond donors (Lipinski definition) is 1. The molecule has 0 amide bonds. The SMILES string of the molecule is C[C@@H]1[C@H](C)CCC[C@H]1NCc1ccco1. The lowest BCUT2D eigenvalue weighted by atomic mass is 9.78. The average molecular weight is 207 g/mol. The smallest absolute Gasteiger partial charge is 0.117 e. The van der Waals surface area contributed by atoms with Crippen molar-refractivity contribution >= 4 is 0 Å². The van der Waals surface area contributed by atoms with Gasteiger partial charge in [-0.2, -0.15) is 0 Å². The fourth-order valence-corrected chi connectivity index (χ4v) is 2.51. The van der Waals surface area contributed by atoms with Crippen LogP contribution in [0.25, 0.3) is 0 Å². The van der Waals surface area contributed by atoms with Crippen LogP contribution in [0.1, 0.15) is 38.9 Å². The van der Waals surface area contributed by atoms with Crippen LogP contribution < -0.4 is 5.32 Å². The van der Waals surface area contributed by atoms with Gasteiger partial charge in [-0.3, -0.25) is 0 Å². The van der Waals surface area contributed by atoms with Crippen molar-refractivity contribution in [2.45, 2.75) is 45.7 Å². The molecule has 1 aromatic rings. The Labute approximate surface area is 92.1 Å². The lowest BCUT2D eigenvalue weighted by molar-refractivity contribution is 0.203. The van der Waals surface area contributed by atoms with Gasteiger partial charge in [0.05, 0.1) is 12.8 Å². The highest BCUT2D eigenvalue weighted by molar-refractivity contribution is 4.98. The Balaban J connectivity index is 1.83. The van der Waals surface area contributed by atoms with Gasteiger partial charge in [-0.25, -0.2) is 0 Å². The van der Waals surface area contributed by atoms with Crippen molar-refractivity contribution in [1.82, 2.24) is 5.32 Å². The molecule has 2 nitrogen and oxygen atoms in total. The van der Waals surface area contributed by atoms with E-state index in [1.807, 2.05) is 12.1 Å². The normalized spacial score (nSPS) is 31.7. The number of rotatable bonds is 3. The second-order valence-corrected chi connectivity index (χ2v) is 4.83. The molecule has 0 aliphatic heterocycles. The summed E-state index contributed by atoms with van der Waals surface area (Å²) in [4.78, 5) is 0. The van der Waals surface area contributed by atoms with Crippen LogP contribution in [0.2, 0.25) is 0 Å². The molecule has 0 bridgehead atoms. The predicted molar refractivity (Wildman–Crippen MR) is 61.5 cm³/mol. The Hall–Kier alpha value is -0.760. The van der Waals surface area contributed by atoms with E-state index in [-0.39, 0.29) is 0 Å². The molecule has 1 aliphatic rings. The topological polar surface area (TPSA) is 25.2 Å². The fraction of sp³-hybridized carbons (Fsp3) is 0.692. The molecule has 0 radical (unpaired) electrons. The summed E-state index contributed by atoms with van der Waals surface area (Å²) in [5, 5.41) is 3.61. The van der Waals surface area contributed by atoms with Gasteiger partial charge in [0.2, 0.25) is 0 Å². The maximum Gasteiger partial charge on any atom is 0.117 e. The summed E-state index contributed by atoms with van der Waals surface area (Å²) in [6.07, 6.45) is 5.80. The lowest BCUT2D eigenvalue weighted by Crippen LogP contribution is -2.40. The maximum absolute atomic E-state index is 5.32. The second kappa shape index (κ2) is 4.84. The van der Waals surface area contributed by atoms with Crippen LogP contribution in [-0.2, 0) is 6.54 Å². The summed E-state index contributed by atoms with van der Waals surface area (Å²) >= 11 is 0. The zero-order chi connectivity index (χ0) is 10.7. The van der Waals surface area contributed by atoms with Gasteiger partial charge in [0.1, 0.15) is 5.76 Å². The van der Waals surface area contributed by atoms with E-state index in [1.165, 1.54) is 19.3 Å². The Morgan fingerprint density at radius 2 is 2.27 bits per heavy atom. The first-order valence-electron chi connectivity index (χ1n) is 6.03. The highest BCUT2D eigenvalue weighted by Gasteiger charge is 2.26. The first-order chi connectivity index (χ1) is 7.27.